The maximum absolute atomic E-state index is 13.0. The van der Waals surface area contributed by atoms with Gasteiger partial charge >= 0.3 is 5.69 Å². The third kappa shape index (κ3) is 4.28. The highest BCUT2D eigenvalue weighted by atomic mass is 16.5. The molecule has 164 valence electrons. The van der Waals surface area contributed by atoms with E-state index in [1.807, 2.05) is 0 Å². The van der Waals surface area contributed by atoms with Crippen LogP contribution >= 0.6 is 0 Å². The second kappa shape index (κ2) is 9.06. The van der Waals surface area contributed by atoms with Crippen LogP contribution in [0.2, 0.25) is 0 Å². The number of imidazole rings is 1. The topological polar surface area (TPSA) is 106 Å². The molecule has 0 bridgehead atoms. The summed E-state index contributed by atoms with van der Waals surface area (Å²) in [6, 6.07) is 4.43. The number of aliphatic hydroxyl groups excluding tert-OH is 1. The zero-order valence-corrected chi connectivity index (χ0v) is 17.5. The fourth-order valence-corrected chi connectivity index (χ4v) is 4.24. The number of amides is 2. The lowest BCUT2D eigenvalue weighted by Crippen LogP contribution is -2.44. The third-order valence-electron chi connectivity index (χ3n) is 5.92. The second-order valence-electron chi connectivity index (χ2n) is 7.98. The predicted octanol–water partition coefficient (Wildman–Crippen LogP) is 0.193. The minimum absolute atomic E-state index is 0.155. The highest BCUT2D eigenvalue weighted by Gasteiger charge is 2.31. The van der Waals surface area contributed by atoms with Crippen LogP contribution in [0.3, 0.4) is 0 Å². The van der Waals surface area contributed by atoms with Crippen LogP contribution in [0.15, 0.2) is 23.0 Å². The molecule has 4 rings (SSSR count). The number of likely N-dealkylation sites (tertiary alicyclic amines) is 1. The fourth-order valence-electron chi connectivity index (χ4n) is 4.24. The summed E-state index contributed by atoms with van der Waals surface area (Å²) in [5, 5.41) is 12.1. The molecule has 2 saturated heterocycles. The summed E-state index contributed by atoms with van der Waals surface area (Å²) in [5.41, 5.74) is 1.02. The van der Waals surface area contributed by atoms with Crippen LogP contribution in [-0.4, -0.2) is 63.8 Å². The number of carbonyl (C=O) groups excluding carboxylic acids is 2. The van der Waals surface area contributed by atoms with Crippen LogP contribution in [0.5, 0.6) is 0 Å². The van der Waals surface area contributed by atoms with Crippen LogP contribution < -0.4 is 11.0 Å². The van der Waals surface area contributed by atoms with Crippen molar-refractivity contribution in [3.63, 3.8) is 0 Å². The highest BCUT2D eigenvalue weighted by Crippen LogP contribution is 2.25. The SMILES string of the molecule is CN1CCC(OCC#Cc2cccc3c2n(CO)c(=O)n3C2CCC(=O)NC2=O)CC1. The average Bonchev–Trinajstić information content (AvgIpc) is 3.04. The van der Waals surface area contributed by atoms with Crippen LogP contribution in [0.4, 0.5) is 0 Å². The van der Waals surface area contributed by atoms with E-state index < -0.39 is 24.4 Å². The number of piperidine rings is 2. The second-order valence-corrected chi connectivity index (χ2v) is 7.98. The van der Waals surface area contributed by atoms with Gasteiger partial charge in [0.15, 0.2) is 0 Å². The quantitative estimate of drug-likeness (QED) is 0.534. The third-order valence-corrected chi connectivity index (χ3v) is 5.92. The first kappa shape index (κ1) is 21.3. The molecule has 0 saturated carbocycles. The smallest absolute Gasteiger partial charge is 0.331 e. The van der Waals surface area contributed by atoms with Crippen molar-refractivity contribution in [1.82, 2.24) is 19.4 Å². The number of nitrogens with zero attached hydrogens (tertiary/aromatic N) is 3. The summed E-state index contributed by atoms with van der Waals surface area (Å²) in [5.74, 6) is 5.19. The molecule has 1 atom stereocenters. The number of hydrogen-bond acceptors (Lipinski definition) is 6. The highest BCUT2D eigenvalue weighted by molar-refractivity contribution is 6.00. The van der Waals surface area contributed by atoms with E-state index in [1.54, 1.807) is 18.2 Å². The number of carbonyl (C=O) groups is 2. The van der Waals surface area contributed by atoms with Crippen molar-refractivity contribution in [1.29, 1.82) is 0 Å². The van der Waals surface area contributed by atoms with E-state index in [9.17, 15) is 19.5 Å². The first-order valence-corrected chi connectivity index (χ1v) is 10.5. The molecule has 31 heavy (non-hydrogen) atoms. The molecule has 1 aromatic carbocycles. The maximum Gasteiger partial charge on any atom is 0.331 e. The Balaban J connectivity index is 1.62. The Morgan fingerprint density at radius 3 is 2.68 bits per heavy atom. The number of ether oxygens (including phenoxy) is 1. The van der Waals surface area contributed by atoms with Gasteiger partial charge in [-0.3, -0.25) is 24.0 Å². The summed E-state index contributed by atoms with van der Waals surface area (Å²) in [6.45, 7) is 1.75. The summed E-state index contributed by atoms with van der Waals surface area (Å²) < 4.78 is 8.40. The molecule has 2 N–H and O–H groups in total. The van der Waals surface area contributed by atoms with E-state index in [4.69, 9.17) is 4.74 Å². The number of aliphatic hydroxyl groups is 1. The molecule has 0 spiro atoms. The molecular weight excluding hydrogens is 400 g/mol. The van der Waals surface area contributed by atoms with Gasteiger partial charge in [0.2, 0.25) is 11.8 Å². The zero-order valence-electron chi connectivity index (χ0n) is 17.5. The first-order valence-electron chi connectivity index (χ1n) is 10.5. The number of nitrogens with one attached hydrogen (secondary N) is 1. The van der Waals surface area contributed by atoms with Gasteiger partial charge in [0.05, 0.1) is 22.7 Å². The van der Waals surface area contributed by atoms with Gasteiger partial charge in [-0.2, -0.15) is 0 Å². The number of rotatable bonds is 4. The Bertz CT molecular complexity index is 1110. The van der Waals surface area contributed by atoms with Crippen molar-refractivity contribution in [2.45, 2.75) is 44.6 Å². The number of aromatic nitrogens is 2. The van der Waals surface area contributed by atoms with Gasteiger partial charge in [0.25, 0.3) is 0 Å². The minimum Gasteiger partial charge on any atom is -0.376 e. The summed E-state index contributed by atoms with van der Waals surface area (Å²) in [6.07, 6.45) is 2.54. The summed E-state index contributed by atoms with van der Waals surface area (Å²) in [7, 11) is 2.10. The van der Waals surface area contributed by atoms with Crippen LogP contribution in [-0.2, 0) is 21.1 Å². The lowest BCUT2D eigenvalue weighted by atomic mass is 10.1. The van der Waals surface area contributed by atoms with Crippen molar-refractivity contribution < 1.29 is 19.4 Å². The van der Waals surface area contributed by atoms with E-state index in [0.717, 1.165) is 25.9 Å². The van der Waals surface area contributed by atoms with Gasteiger partial charge in [-0.15, -0.1) is 0 Å². The van der Waals surface area contributed by atoms with Gasteiger partial charge in [-0.05, 0) is 38.4 Å². The molecule has 2 aliphatic heterocycles. The standard InChI is InChI=1S/C22H26N4O5/c1-24-11-9-16(10-12-24)31-13-3-5-15-4-2-6-17-20(15)25(14-27)22(30)26(17)18-7-8-19(28)23-21(18)29/h2,4,6,16,18,27H,7-14H2,1H3,(H,23,28,29). The van der Waals surface area contributed by atoms with Gasteiger partial charge in [-0.1, -0.05) is 17.9 Å². The van der Waals surface area contributed by atoms with Crippen LogP contribution in [0.25, 0.3) is 11.0 Å². The largest absolute Gasteiger partial charge is 0.376 e. The van der Waals surface area contributed by atoms with Gasteiger partial charge in [0, 0.05) is 19.5 Å². The van der Waals surface area contributed by atoms with E-state index >= 15 is 0 Å². The molecule has 1 unspecified atom stereocenters. The molecule has 2 aromatic rings. The number of fused-ring (bicyclic) bond motifs is 1. The van der Waals surface area contributed by atoms with Gasteiger partial charge in [0.1, 0.15) is 19.4 Å². The lowest BCUT2D eigenvalue weighted by molar-refractivity contribution is -0.135. The van der Waals surface area contributed by atoms with E-state index in [0.29, 0.717) is 16.6 Å². The van der Waals surface area contributed by atoms with E-state index in [-0.39, 0.29) is 31.5 Å². The van der Waals surface area contributed by atoms with Crippen molar-refractivity contribution in [3.05, 3.63) is 34.2 Å². The molecule has 1 aromatic heterocycles. The summed E-state index contributed by atoms with van der Waals surface area (Å²) >= 11 is 0. The molecule has 0 aliphatic carbocycles. The summed E-state index contributed by atoms with van der Waals surface area (Å²) in [4.78, 5) is 39.1. The molecule has 2 amide bonds. The molecule has 3 heterocycles. The Labute approximate surface area is 179 Å². The van der Waals surface area contributed by atoms with Crippen LogP contribution in [0, 0.1) is 11.8 Å². The fraction of sp³-hybridized carbons (Fsp3) is 0.500. The minimum atomic E-state index is -0.809. The van der Waals surface area contributed by atoms with Crippen molar-refractivity contribution in [2.24, 2.45) is 0 Å². The number of imide groups is 1. The molecule has 2 fully saturated rings. The molecular formula is C22H26N4O5. The number of para-hydroxylation sites is 1. The van der Waals surface area contributed by atoms with Crippen molar-refractivity contribution in [3.8, 4) is 11.8 Å². The number of benzene rings is 1. The Hall–Kier alpha value is -2.93. The van der Waals surface area contributed by atoms with E-state index in [2.05, 4.69) is 29.1 Å². The molecule has 9 heteroatoms. The first-order chi connectivity index (χ1) is 15.0. The van der Waals surface area contributed by atoms with Gasteiger partial charge < -0.3 is 14.7 Å². The van der Waals surface area contributed by atoms with Gasteiger partial charge in [-0.25, -0.2) is 4.79 Å². The molecule has 9 nitrogen and oxygen atoms in total. The lowest BCUT2D eigenvalue weighted by Gasteiger charge is -2.28. The maximum atomic E-state index is 13.0. The Morgan fingerprint density at radius 2 is 1.97 bits per heavy atom. The van der Waals surface area contributed by atoms with E-state index in [1.165, 1.54) is 9.13 Å². The van der Waals surface area contributed by atoms with Crippen molar-refractivity contribution in [2.75, 3.05) is 26.7 Å². The Kier molecular flexibility index (Phi) is 6.23. The molecule has 2 aliphatic rings. The molecule has 0 radical (unpaired) electrons. The predicted molar refractivity (Wildman–Crippen MR) is 113 cm³/mol. The Morgan fingerprint density at radius 1 is 1.19 bits per heavy atom. The zero-order chi connectivity index (χ0) is 22.0. The van der Waals surface area contributed by atoms with Crippen LogP contribution in [0.1, 0.15) is 37.3 Å². The monoisotopic (exact) mass is 426 g/mol. The number of hydrogen-bond donors (Lipinski definition) is 2. The average molecular weight is 426 g/mol. The normalized spacial score (nSPS) is 20.5. The van der Waals surface area contributed by atoms with Crippen molar-refractivity contribution >= 4 is 22.8 Å².